The van der Waals surface area contributed by atoms with Crippen LogP contribution in [-0.4, -0.2) is 71.0 Å². The van der Waals surface area contributed by atoms with Crippen LogP contribution < -0.4 is 0 Å². The van der Waals surface area contributed by atoms with E-state index in [2.05, 4.69) is 23.6 Å². The van der Waals surface area contributed by atoms with Gasteiger partial charge < -0.3 is 20.0 Å². The average molecular weight is 270 g/mol. The third kappa shape index (κ3) is 4.42. The standard InChI is InChI=1S/C15H30N2O2/c1-3-16-10-13(9-15(19)11-16)8-12(2)17-6-4-14(18)5-7-17/h12-15,18-19H,3-11H2,1-2H3. The van der Waals surface area contributed by atoms with E-state index in [0.29, 0.717) is 12.0 Å². The first-order valence-corrected chi connectivity index (χ1v) is 7.91. The van der Waals surface area contributed by atoms with E-state index in [1.807, 2.05) is 0 Å². The number of likely N-dealkylation sites (N-methyl/N-ethyl adjacent to an activating group) is 1. The Bertz CT molecular complexity index is 267. The molecular formula is C15H30N2O2. The Morgan fingerprint density at radius 2 is 1.79 bits per heavy atom. The summed E-state index contributed by atoms with van der Waals surface area (Å²) in [6, 6.07) is 0.571. The van der Waals surface area contributed by atoms with Crippen molar-refractivity contribution in [3.8, 4) is 0 Å². The van der Waals surface area contributed by atoms with Crippen molar-refractivity contribution in [3.63, 3.8) is 0 Å². The summed E-state index contributed by atoms with van der Waals surface area (Å²) >= 11 is 0. The number of piperidine rings is 2. The molecule has 2 fully saturated rings. The van der Waals surface area contributed by atoms with Crippen LogP contribution in [0.3, 0.4) is 0 Å². The predicted octanol–water partition coefficient (Wildman–Crippen LogP) is 0.924. The molecule has 2 rings (SSSR count). The number of likely N-dealkylation sites (tertiary alicyclic amines) is 2. The van der Waals surface area contributed by atoms with Gasteiger partial charge in [0.25, 0.3) is 0 Å². The molecule has 3 unspecified atom stereocenters. The molecular weight excluding hydrogens is 240 g/mol. The Balaban J connectivity index is 1.79. The van der Waals surface area contributed by atoms with Gasteiger partial charge in [0.15, 0.2) is 0 Å². The Kier molecular flexibility index (Phi) is 5.63. The summed E-state index contributed by atoms with van der Waals surface area (Å²) in [4.78, 5) is 4.87. The van der Waals surface area contributed by atoms with Crippen LogP contribution >= 0.6 is 0 Å². The highest BCUT2D eigenvalue weighted by atomic mass is 16.3. The predicted molar refractivity (Wildman–Crippen MR) is 77.1 cm³/mol. The van der Waals surface area contributed by atoms with E-state index in [9.17, 15) is 10.2 Å². The van der Waals surface area contributed by atoms with Gasteiger partial charge in [-0.05, 0) is 45.1 Å². The molecule has 2 saturated heterocycles. The van der Waals surface area contributed by atoms with E-state index in [4.69, 9.17) is 0 Å². The van der Waals surface area contributed by atoms with Gasteiger partial charge in [-0.1, -0.05) is 6.92 Å². The summed E-state index contributed by atoms with van der Waals surface area (Å²) in [5.74, 6) is 0.616. The normalized spacial score (nSPS) is 33.5. The van der Waals surface area contributed by atoms with Gasteiger partial charge in [-0.2, -0.15) is 0 Å². The molecule has 0 spiro atoms. The SMILES string of the molecule is CCN1CC(O)CC(CC(C)N2CCC(O)CC2)C1. The molecule has 19 heavy (non-hydrogen) atoms. The summed E-state index contributed by atoms with van der Waals surface area (Å²) in [5.41, 5.74) is 0. The highest BCUT2D eigenvalue weighted by Gasteiger charge is 2.28. The van der Waals surface area contributed by atoms with Crippen molar-refractivity contribution in [3.05, 3.63) is 0 Å². The van der Waals surface area contributed by atoms with Crippen molar-refractivity contribution in [2.24, 2.45) is 5.92 Å². The van der Waals surface area contributed by atoms with Crippen LogP contribution in [0.25, 0.3) is 0 Å². The second kappa shape index (κ2) is 7.02. The molecule has 0 bridgehead atoms. The van der Waals surface area contributed by atoms with Crippen molar-refractivity contribution in [1.82, 2.24) is 9.80 Å². The molecule has 4 heteroatoms. The van der Waals surface area contributed by atoms with E-state index in [0.717, 1.165) is 52.0 Å². The minimum atomic E-state index is -0.144. The van der Waals surface area contributed by atoms with Gasteiger partial charge in [-0.15, -0.1) is 0 Å². The van der Waals surface area contributed by atoms with Crippen LogP contribution in [-0.2, 0) is 0 Å². The van der Waals surface area contributed by atoms with Gasteiger partial charge in [0.05, 0.1) is 12.2 Å². The lowest BCUT2D eigenvalue weighted by molar-refractivity contribution is 0.0211. The fourth-order valence-corrected chi connectivity index (χ4v) is 3.66. The van der Waals surface area contributed by atoms with Crippen molar-refractivity contribution in [1.29, 1.82) is 0 Å². The number of hydrogen-bond acceptors (Lipinski definition) is 4. The minimum absolute atomic E-state index is 0.0875. The third-order valence-electron chi connectivity index (χ3n) is 4.83. The molecule has 4 nitrogen and oxygen atoms in total. The van der Waals surface area contributed by atoms with Crippen LogP contribution in [0.5, 0.6) is 0 Å². The fraction of sp³-hybridized carbons (Fsp3) is 1.00. The number of hydrogen-bond donors (Lipinski definition) is 2. The molecule has 0 aromatic heterocycles. The van der Waals surface area contributed by atoms with Gasteiger partial charge >= 0.3 is 0 Å². The summed E-state index contributed by atoms with van der Waals surface area (Å²) < 4.78 is 0. The molecule has 2 N–H and O–H groups in total. The second-order valence-electron chi connectivity index (χ2n) is 6.46. The van der Waals surface area contributed by atoms with Crippen molar-refractivity contribution >= 4 is 0 Å². The maximum absolute atomic E-state index is 9.95. The van der Waals surface area contributed by atoms with E-state index in [1.165, 1.54) is 6.42 Å². The molecule has 2 aliphatic rings. The van der Waals surface area contributed by atoms with E-state index < -0.39 is 0 Å². The molecule has 2 aliphatic heterocycles. The lowest BCUT2D eigenvalue weighted by Gasteiger charge is -2.39. The molecule has 0 radical (unpaired) electrons. The van der Waals surface area contributed by atoms with Crippen LogP contribution in [0.2, 0.25) is 0 Å². The van der Waals surface area contributed by atoms with E-state index in [-0.39, 0.29) is 12.2 Å². The number of aliphatic hydroxyl groups excluding tert-OH is 2. The first-order valence-electron chi connectivity index (χ1n) is 7.91. The lowest BCUT2D eigenvalue weighted by atomic mass is 9.89. The maximum atomic E-state index is 9.95. The van der Waals surface area contributed by atoms with Crippen molar-refractivity contribution < 1.29 is 10.2 Å². The van der Waals surface area contributed by atoms with Crippen LogP contribution in [0.15, 0.2) is 0 Å². The molecule has 3 atom stereocenters. The molecule has 0 saturated carbocycles. The monoisotopic (exact) mass is 270 g/mol. The topological polar surface area (TPSA) is 46.9 Å². The summed E-state index contributed by atoms with van der Waals surface area (Å²) in [6.07, 6.45) is 3.72. The average Bonchev–Trinajstić information content (AvgIpc) is 2.38. The van der Waals surface area contributed by atoms with E-state index in [1.54, 1.807) is 0 Å². The first-order chi connectivity index (χ1) is 9.08. The molecule has 2 heterocycles. The van der Waals surface area contributed by atoms with Crippen molar-refractivity contribution in [2.75, 3.05) is 32.7 Å². The zero-order valence-electron chi connectivity index (χ0n) is 12.5. The maximum Gasteiger partial charge on any atom is 0.0670 e. The van der Waals surface area contributed by atoms with Gasteiger partial charge in [0, 0.05) is 32.2 Å². The largest absolute Gasteiger partial charge is 0.393 e. The molecule has 0 aromatic rings. The van der Waals surface area contributed by atoms with Crippen molar-refractivity contribution in [2.45, 2.75) is 57.8 Å². The molecule has 0 aliphatic carbocycles. The van der Waals surface area contributed by atoms with Gasteiger partial charge in [0.1, 0.15) is 0 Å². The Morgan fingerprint density at radius 3 is 2.42 bits per heavy atom. The van der Waals surface area contributed by atoms with Gasteiger partial charge in [-0.25, -0.2) is 0 Å². The highest BCUT2D eigenvalue weighted by Crippen LogP contribution is 2.24. The summed E-state index contributed by atoms with van der Waals surface area (Å²) in [5, 5.41) is 19.5. The quantitative estimate of drug-likeness (QED) is 0.798. The number of aliphatic hydroxyl groups is 2. The third-order valence-corrected chi connectivity index (χ3v) is 4.83. The zero-order chi connectivity index (χ0) is 13.8. The first kappa shape index (κ1) is 15.2. The second-order valence-corrected chi connectivity index (χ2v) is 6.46. The molecule has 112 valence electrons. The Morgan fingerprint density at radius 1 is 1.11 bits per heavy atom. The van der Waals surface area contributed by atoms with Crippen LogP contribution in [0.4, 0.5) is 0 Å². The highest BCUT2D eigenvalue weighted by molar-refractivity contribution is 4.83. The minimum Gasteiger partial charge on any atom is -0.393 e. The van der Waals surface area contributed by atoms with Crippen LogP contribution in [0.1, 0.15) is 39.5 Å². The fourth-order valence-electron chi connectivity index (χ4n) is 3.66. The van der Waals surface area contributed by atoms with Crippen LogP contribution in [0, 0.1) is 5.92 Å². The Labute approximate surface area is 117 Å². The summed E-state index contributed by atoms with van der Waals surface area (Å²) in [7, 11) is 0. The van der Waals surface area contributed by atoms with E-state index >= 15 is 0 Å². The number of β-amino-alcohol motifs (C(OH)–C–C–N with tert-alkyl or cyclic N) is 1. The number of rotatable bonds is 4. The lowest BCUT2D eigenvalue weighted by Crippen LogP contribution is -2.46. The summed E-state index contributed by atoms with van der Waals surface area (Å²) in [6.45, 7) is 9.53. The Hall–Kier alpha value is -0.160. The van der Waals surface area contributed by atoms with Gasteiger partial charge in [0.2, 0.25) is 0 Å². The van der Waals surface area contributed by atoms with Gasteiger partial charge in [-0.3, -0.25) is 0 Å². The molecule has 0 amide bonds. The zero-order valence-corrected chi connectivity index (χ0v) is 12.5. The number of nitrogens with zero attached hydrogens (tertiary/aromatic N) is 2. The molecule has 0 aromatic carbocycles. The smallest absolute Gasteiger partial charge is 0.0670 e.